The van der Waals surface area contributed by atoms with Crippen LogP contribution in [0, 0.1) is 0 Å². The van der Waals surface area contributed by atoms with Crippen LogP contribution in [-0.2, 0) is 17.6 Å². The summed E-state index contributed by atoms with van der Waals surface area (Å²) >= 11 is 1.93. The molecule has 1 aromatic carbocycles. The van der Waals surface area contributed by atoms with Crippen molar-refractivity contribution in [3.8, 4) is 0 Å². The van der Waals surface area contributed by atoms with Crippen LogP contribution in [0.4, 0.5) is 0 Å². The Morgan fingerprint density at radius 3 is 2.79 bits per heavy atom. The van der Waals surface area contributed by atoms with Crippen molar-refractivity contribution >= 4 is 23.1 Å². The molecule has 0 atom stereocenters. The maximum absolute atomic E-state index is 11.7. The predicted molar refractivity (Wildman–Crippen MR) is 81.6 cm³/mol. The lowest BCUT2D eigenvalue weighted by Gasteiger charge is -2.26. The van der Waals surface area contributed by atoms with E-state index in [0.29, 0.717) is 6.42 Å². The number of carbonyl (C=O) groups is 1. The van der Waals surface area contributed by atoms with Crippen molar-refractivity contribution in [1.82, 2.24) is 0 Å². The van der Waals surface area contributed by atoms with Crippen LogP contribution in [0.25, 0.3) is 5.57 Å². The highest BCUT2D eigenvalue weighted by Gasteiger charge is 2.24. The summed E-state index contributed by atoms with van der Waals surface area (Å²) in [6.07, 6.45) is 6.64. The topological polar surface area (TPSA) is 17.1 Å². The van der Waals surface area contributed by atoms with Crippen LogP contribution in [0.3, 0.4) is 0 Å². The van der Waals surface area contributed by atoms with Gasteiger partial charge in [-0.05, 0) is 46.8 Å². The van der Waals surface area contributed by atoms with E-state index in [1.165, 1.54) is 32.7 Å². The van der Waals surface area contributed by atoms with Crippen LogP contribution >= 0.6 is 11.8 Å². The maximum atomic E-state index is 11.7. The van der Waals surface area contributed by atoms with Crippen LogP contribution in [0.2, 0.25) is 0 Å². The Morgan fingerprint density at radius 2 is 2.05 bits per heavy atom. The normalized spacial score (nSPS) is 17.5. The van der Waals surface area contributed by atoms with E-state index in [2.05, 4.69) is 32.1 Å². The summed E-state index contributed by atoms with van der Waals surface area (Å²) in [7, 11) is 0. The Labute approximate surface area is 118 Å². The summed E-state index contributed by atoms with van der Waals surface area (Å²) in [5, 5.41) is 0. The molecule has 0 unspecified atom stereocenters. The average molecular weight is 270 g/mol. The fourth-order valence-corrected chi connectivity index (χ4v) is 4.06. The molecule has 3 rings (SSSR count). The van der Waals surface area contributed by atoms with Crippen molar-refractivity contribution in [2.75, 3.05) is 5.75 Å². The van der Waals surface area contributed by atoms with Crippen molar-refractivity contribution in [2.45, 2.75) is 38.0 Å². The fourth-order valence-electron chi connectivity index (χ4n) is 2.78. The number of aryl methyl sites for hydroxylation is 2. The highest BCUT2D eigenvalue weighted by molar-refractivity contribution is 7.99. The van der Waals surface area contributed by atoms with Gasteiger partial charge in [-0.3, -0.25) is 4.79 Å². The number of benzene rings is 1. The third-order valence-electron chi connectivity index (χ3n) is 3.88. The fraction of sp³-hybridized carbons (Fsp3) is 0.353. The quantitative estimate of drug-likeness (QED) is 0.801. The van der Waals surface area contributed by atoms with E-state index in [0.717, 1.165) is 18.6 Å². The van der Waals surface area contributed by atoms with Crippen molar-refractivity contribution in [2.24, 2.45) is 0 Å². The van der Waals surface area contributed by atoms with E-state index < -0.39 is 0 Å². The van der Waals surface area contributed by atoms with Gasteiger partial charge in [0.2, 0.25) is 0 Å². The molecule has 1 aliphatic carbocycles. The summed E-state index contributed by atoms with van der Waals surface area (Å²) in [5.74, 6) is 1.24. The zero-order valence-electron chi connectivity index (χ0n) is 11.5. The van der Waals surface area contributed by atoms with Gasteiger partial charge in [0.25, 0.3) is 0 Å². The van der Waals surface area contributed by atoms with Crippen LogP contribution in [-0.4, -0.2) is 11.5 Å². The summed E-state index contributed by atoms with van der Waals surface area (Å²) in [6, 6.07) is 4.60. The van der Waals surface area contributed by atoms with E-state index >= 15 is 0 Å². The SMILES string of the molecule is CCc1cc(CC)c2c(c1)C1=CC(=O)CC=C1CS2. The second-order valence-corrected chi connectivity index (χ2v) is 6.07. The molecule has 19 heavy (non-hydrogen) atoms. The second-order valence-electron chi connectivity index (χ2n) is 5.09. The highest BCUT2D eigenvalue weighted by Crippen LogP contribution is 2.44. The molecule has 0 amide bonds. The van der Waals surface area contributed by atoms with Gasteiger partial charge in [-0.1, -0.05) is 32.1 Å². The van der Waals surface area contributed by atoms with Gasteiger partial charge in [0.05, 0.1) is 0 Å². The first-order chi connectivity index (χ1) is 9.22. The van der Waals surface area contributed by atoms with E-state index in [9.17, 15) is 4.79 Å². The van der Waals surface area contributed by atoms with Crippen molar-refractivity contribution in [3.05, 3.63) is 46.5 Å². The lowest BCUT2D eigenvalue weighted by Crippen LogP contribution is -2.11. The molecule has 0 radical (unpaired) electrons. The largest absolute Gasteiger partial charge is 0.294 e. The molecule has 0 saturated carbocycles. The average Bonchev–Trinajstić information content (AvgIpc) is 2.45. The number of thioether (sulfide) groups is 1. The predicted octanol–water partition coefficient (Wildman–Crippen LogP) is 4.20. The molecule has 2 aliphatic rings. The zero-order chi connectivity index (χ0) is 13.4. The van der Waals surface area contributed by atoms with Gasteiger partial charge in [-0.15, -0.1) is 11.8 Å². The van der Waals surface area contributed by atoms with Crippen molar-refractivity contribution < 1.29 is 4.79 Å². The van der Waals surface area contributed by atoms with Crippen LogP contribution in [0.5, 0.6) is 0 Å². The van der Waals surface area contributed by atoms with Crippen molar-refractivity contribution in [1.29, 1.82) is 0 Å². The Hall–Kier alpha value is -1.28. The molecule has 0 spiro atoms. The molecular formula is C17H18OS. The monoisotopic (exact) mass is 270 g/mol. The van der Waals surface area contributed by atoms with Gasteiger partial charge in [-0.2, -0.15) is 0 Å². The molecule has 0 N–H and O–H groups in total. The number of ketones is 1. The lowest BCUT2D eigenvalue weighted by atomic mass is 9.89. The van der Waals surface area contributed by atoms with E-state index in [1.54, 1.807) is 0 Å². The summed E-state index contributed by atoms with van der Waals surface area (Å²) < 4.78 is 0. The van der Waals surface area contributed by atoms with Crippen LogP contribution in [0.15, 0.2) is 34.8 Å². The molecule has 1 aliphatic heterocycles. The van der Waals surface area contributed by atoms with E-state index in [4.69, 9.17) is 0 Å². The third-order valence-corrected chi connectivity index (χ3v) is 5.10. The molecule has 0 saturated heterocycles. The summed E-state index contributed by atoms with van der Waals surface area (Å²) in [6.45, 7) is 4.40. The maximum Gasteiger partial charge on any atom is 0.160 e. The molecule has 0 aromatic heterocycles. The van der Waals surface area contributed by atoms with Gasteiger partial charge < -0.3 is 0 Å². The molecular weight excluding hydrogens is 252 g/mol. The molecule has 98 valence electrons. The van der Waals surface area contributed by atoms with Gasteiger partial charge in [0.1, 0.15) is 0 Å². The molecule has 2 heteroatoms. The molecule has 0 bridgehead atoms. The first-order valence-electron chi connectivity index (χ1n) is 6.95. The zero-order valence-corrected chi connectivity index (χ0v) is 12.3. The van der Waals surface area contributed by atoms with Gasteiger partial charge in [-0.25, -0.2) is 0 Å². The van der Waals surface area contributed by atoms with E-state index in [-0.39, 0.29) is 5.78 Å². The standard InChI is InChI=1S/C17H18OS/c1-3-11-7-12(4-2)17-16(8-11)15-9-14(18)6-5-13(15)10-19-17/h5,7-9H,3-4,6,10H2,1-2H3. The summed E-state index contributed by atoms with van der Waals surface area (Å²) in [5.41, 5.74) is 6.60. The highest BCUT2D eigenvalue weighted by atomic mass is 32.2. The minimum Gasteiger partial charge on any atom is -0.294 e. The Bertz CT molecular complexity index is 608. The third kappa shape index (κ3) is 2.18. The van der Waals surface area contributed by atoms with Gasteiger partial charge in [0.15, 0.2) is 5.78 Å². The van der Waals surface area contributed by atoms with Crippen LogP contribution < -0.4 is 0 Å². The number of hydrogen-bond acceptors (Lipinski definition) is 2. The molecule has 0 fully saturated rings. The first kappa shape index (κ1) is 12.7. The molecule has 1 nitrogen and oxygen atoms in total. The first-order valence-corrected chi connectivity index (χ1v) is 7.94. The number of hydrogen-bond donors (Lipinski definition) is 0. The second kappa shape index (κ2) is 5.01. The Morgan fingerprint density at radius 1 is 1.21 bits per heavy atom. The number of rotatable bonds is 2. The number of fused-ring (bicyclic) bond motifs is 3. The number of carbonyl (C=O) groups excluding carboxylic acids is 1. The van der Waals surface area contributed by atoms with Crippen LogP contribution in [0.1, 0.15) is 37.0 Å². The Kier molecular flexibility index (Phi) is 3.36. The van der Waals surface area contributed by atoms with E-state index in [1.807, 2.05) is 17.8 Å². The summed E-state index contributed by atoms with van der Waals surface area (Å²) in [4.78, 5) is 13.1. The lowest BCUT2D eigenvalue weighted by molar-refractivity contribution is -0.113. The Balaban J connectivity index is 2.21. The minimum absolute atomic E-state index is 0.233. The minimum atomic E-state index is 0.233. The smallest absolute Gasteiger partial charge is 0.160 e. The number of allylic oxidation sites excluding steroid dienone is 3. The molecule has 1 heterocycles. The van der Waals surface area contributed by atoms with Crippen molar-refractivity contribution in [3.63, 3.8) is 0 Å². The van der Waals surface area contributed by atoms with Gasteiger partial charge in [0, 0.05) is 17.1 Å². The molecule has 1 aromatic rings. The van der Waals surface area contributed by atoms with Gasteiger partial charge >= 0.3 is 0 Å².